The molecule has 1 aromatic rings. The Morgan fingerprint density at radius 1 is 1.28 bits per heavy atom. The number of rotatable bonds is 5. The average molecular weight is 255 g/mol. The van der Waals surface area contributed by atoms with E-state index in [1.54, 1.807) is 12.1 Å². The zero-order valence-corrected chi connectivity index (χ0v) is 10.8. The minimum atomic E-state index is -1.02. The van der Waals surface area contributed by atoms with Gasteiger partial charge in [0.2, 0.25) is 0 Å². The third-order valence-corrected chi connectivity index (χ3v) is 2.12. The van der Waals surface area contributed by atoms with Crippen LogP contribution in [0.4, 0.5) is 0 Å². The predicted molar refractivity (Wildman–Crippen MR) is 69.6 cm³/mol. The van der Waals surface area contributed by atoms with E-state index >= 15 is 0 Å². The molecule has 0 spiro atoms. The first-order chi connectivity index (χ1) is 8.51. The van der Waals surface area contributed by atoms with Crippen molar-refractivity contribution in [2.24, 2.45) is 5.73 Å². The number of carboxylic acid groups (broad SMARTS) is 1. The van der Waals surface area contributed by atoms with Crippen LogP contribution in [0.1, 0.15) is 19.4 Å². The highest BCUT2D eigenvalue weighted by atomic mass is 16.5. The lowest BCUT2D eigenvalue weighted by molar-refractivity contribution is -0.138. The summed E-state index contributed by atoms with van der Waals surface area (Å²) in [5.41, 5.74) is 6.12. The topological polar surface area (TPSA) is 92.8 Å². The van der Waals surface area contributed by atoms with E-state index in [9.17, 15) is 4.79 Å². The summed E-state index contributed by atoms with van der Waals surface area (Å²) >= 11 is 0. The largest absolute Gasteiger partial charge is 0.508 e. The number of aromatic hydroxyl groups is 1. The van der Waals surface area contributed by atoms with Crippen LogP contribution in [0.25, 0.3) is 0 Å². The number of carboxylic acids is 1. The van der Waals surface area contributed by atoms with Gasteiger partial charge in [0.25, 0.3) is 0 Å². The molecule has 0 aromatic heterocycles. The summed E-state index contributed by atoms with van der Waals surface area (Å²) in [5.74, 6) is -0.860. The highest BCUT2D eigenvalue weighted by Gasteiger charge is 2.11. The monoisotopic (exact) mass is 255 g/mol. The van der Waals surface area contributed by atoms with E-state index in [0.717, 1.165) is 18.8 Å². The summed E-state index contributed by atoms with van der Waals surface area (Å²) in [4.78, 5) is 10.4. The maximum absolute atomic E-state index is 10.4. The summed E-state index contributed by atoms with van der Waals surface area (Å²) in [5, 5.41) is 17.5. The lowest BCUT2D eigenvalue weighted by atomic mass is 10.1. The zero-order valence-electron chi connectivity index (χ0n) is 10.8. The molecule has 0 heterocycles. The molecule has 1 aromatic carbocycles. The fourth-order valence-corrected chi connectivity index (χ4v) is 1.18. The van der Waals surface area contributed by atoms with Crippen LogP contribution in [0.2, 0.25) is 0 Å². The Kier molecular flexibility index (Phi) is 8.61. The first kappa shape index (κ1) is 16.4. The molecule has 0 bridgehead atoms. The fraction of sp³-hybridized carbons (Fsp3) is 0.462. The van der Waals surface area contributed by atoms with Crippen molar-refractivity contribution >= 4 is 5.97 Å². The third-order valence-electron chi connectivity index (χ3n) is 2.12. The van der Waals surface area contributed by atoms with Crippen molar-refractivity contribution in [2.45, 2.75) is 26.3 Å². The van der Waals surface area contributed by atoms with Crippen LogP contribution in [0.15, 0.2) is 24.3 Å². The molecule has 1 atom stereocenters. The van der Waals surface area contributed by atoms with Crippen LogP contribution < -0.4 is 5.73 Å². The maximum Gasteiger partial charge on any atom is 0.320 e. The quantitative estimate of drug-likeness (QED) is 0.739. The molecule has 4 N–H and O–H groups in total. The van der Waals surface area contributed by atoms with E-state index in [-0.39, 0.29) is 12.2 Å². The summed E-state index contributed by atoms with van der Waals surface area (Å²) in [7, 11) is 0. The highest BCUT2D eigenvalue weighted by molar-refractivity contribution is 5.73. The number of ether oxygens (including phenoxy) is 1. The van der Waals surface area contributed by atoms with Crippen molar-refractivity contribution in [3.8, 4) is 5.75 Å². The fourth-order valence-electron chi connectivity index (χ4n) is 1.18. The van der Waals surface area contributed by atoms with Crippen molar-refractivity contribution in [1.29, 1.82) is 0 Å². The summed E-state index contributed by atoms with van der Waals surface area (Å²) in [6, 6.07) is 5.42. The van der Waals surface area contributed by atoms with Crippen LogP contribution in [0.3, 0.4) is 0 Å². The highest BCUT2D eigenvalue weighted by Crippen LogP contribution is 2.10. The van der Waals surface area contributed by atoms with Crippen molar-refractivity contribution < 1.29 is 19.7 Å². The Bertz CT molecular complexity index is 335. The molecular formula is C13H21NO4. The van der Waals surface area contributed by atoms with Gasteiger partial charge in [0.15, 0.2) is 0 Å². The van der Waals surface area contributed by atoms with Crippen molar-refractivity contribution in [3.05, 3.63) is 29.8 Å². The molecule has 18 heavy (non-hydrogen) atoms. The first-order valence-electron chi connectivity index (χ1n) is 5.85. The number of benzene rings is 1. The van der Waals surface area contributed by atoms with E-state index in [1.165, 1.54) is 12.1 Å². The predicted octanol–water partition coefficient (Wildman–Crippen LogP) is 1.39. The van der Waals surface area contributed by atoms with Crippen molar-refractivity contribution in [1.82, 2.24) is 0 Å². The Labute approximate surface area is 107 Å². The van der Waals surface area contributed by atoms with Gasteiger partial charge >= 0.3 is 5.97 Å². The molecule has 5 nitrogen and oxygen atoms in total. The third kappa shape index (κ3) is 7.65. The summed E-state index contributed by atoms with van der Waals surface area (Å²) < 4.78 is 4.83. The molecule has 0 aliphatic rings. The van der Waals surface area contributed by atoms with Gasteiger partial charge in [-0.25, -0.2) is 0 Å². The molecule has 1 unspecified atom stereocenters. The molecule has 0 saturated heterocycles. The summed E-state index contributed by atoms with van der Waals surface area (Å²) in [6.07, 6.45) is 0.273. The van der Waals surface area contributed by atoms with Gasteiger partial charge in [-0.3, -0.25) is 4.79 Å². The molecule has 0 aliphatic heterocycles. The number of hydrogen-bond donors (Lipinski definition) is 3. The Morgan fingerprint density at radius 2 is 1.78 bits per heavy atom. The smallest absolute Gasteiger partial charge is 0.320 e. The van der Waals surface area contributed by atoms with Gasteiger partial charge in [0.1, 0.15) is 11.8 Å². The molecule has 0 saturated carbocycles. The standard InChI is InChI=1S/C9H11NO3.C4H10O/c10-8(9(12)13)5-6-1-3-7(11)4-2-6;1-3-5-4-2/h1-4,8,11H,5,10H2,(H,12,13);3-4H2,1-2H3. The maximum atomic E-state index is 10.4. The second-order valence-corrected chi connectivity index (χ2v) is 3.60. The van der Waals surface area contributed by atoms with Crippen LogP contribution in [-0.2, 0) is 16.0 Å². The van der Waals surface area contributed by atoms with E-state index in [2.05, 4.69) is 0 Å². The van der Waals surface area contributed by atoms with E-state index < -0.39 is 12.0 Å². The molecule has 0 aliphatic carbocycles. The number of carbonyl (C=O) groups is 1. The molecule has 0 fully saturated rings. The minimum Gasteiger partial charge on any atom is -0.508 e. The number of aliphatic carboxylic acids is 1. The number of phenolic OH excluding ortho intramolecular Hbond substituents is 1. The van der Waals surface area contributed by atoms with E-state index in [4.69, 9.17) is 20.7 Å². The lowest BCUT2D eigenvalue weighted by Crippen LogP contribution is -2.32. The Hall–Kier alpha value is -1.59. The number of hydrogen-bond acceptors (Lipinski definition) is 4. The van der Waals surface area contributed by atoms with E-state index in [1.807, 2.05) is 13.8 Å². The van der Waals surface area contributed by atoms with Crippen molar-refractivity contribution in [2.75, 3.05) is 13.2 Å². The SMILES string of the molecule is CCOCC.NC(Cc1ccc(O)cc1)C(=O)O. The second-order valence-electron chi connectivity index (χ2n) is 3.60. The normalized spacial score (nSPS) is 11.3. The Morgan fingerprint density at radius 3 is 2.11 bits per heavy atom. The molecule has 5 heteroatoms. The molecule has 102 valence electrons. The van der Waals surface area contributed by atoms with Gasteiger partial charge in [-0.2, -0.15) is 0 Å². The van der Waals surface area contributed by atoms with Gasteiger partial charge in [0, 0.05) is 13.2 Å². The minimum absolute atomic E-state index is 0.160. The summed E-state index contributed by atoms with van der Waals surface area (Å²) in [6.45, 7) is 5.67. The van der Waals surface area contributed by atoms with Crippen molar-refractivity contribution in [3.63, 3.8) is 0 Å². The number of nitrogens with two attached hydrogens (primary N) is 1. The van der Waals surface area contributed by atoms with Crippen LogP contribution >= 0.6 is 0 Å². The molecule has 0 amide bonds. The molecule has 1 rings (SSSR count). The second kappa shape index (κ2) is 9.44. The van der Waals surface area contributed by atoms with Gasteiger partial charge in [-0.05, 0) is 38.0 Å². The molecular weight excluding hydrogens is 234 g/mol. The van der Waals surface area contributed by atoms with Gasteiger partial charge in [-0.1, -0.05) is 12.1 Å². The van der Waals surface area contributed by atoms with Crippen LogP contribution in [0.5, 0.6) is 5.75 Å². The van der Waals surface area contributed by atoms with E-state index in [0.29, 0.717) is 0 Å². The zero-order chi connectivity index (χ0) is 14.0. The van der Waals surface area contributed by atoms with Crippen LogP contribution in [-0.4, -0.2) is 35.4 Å². The van der Waals surface area contributed by atoms with Gasteiger partial charge < -0.3 is 20.7 Å². The molecule has 0 radical (unpaired) electrons. The number of phenols is 1. The van der Waals surface area contributed by atoms with Gasteiger partial charge in [-0.15, -0.1) is 0 Å². The van der Waals surface area contributed by atoms with Crippen LogP contribution in [0, 0.1) is 0 Å². The van der Waals surface area contributed by atoms with Gasteiger partial charge in [0.05, 0.1) is 0 Å². The average Bonchev–Trinajstić information content (AvgIpc) is 2.34. The lowest BCUT2D eigenvalue weighted by Gasteiger charge is -2.05. The Balaban J connectivity index is 0.000000494. The first-order valence-corrected chi connectivity index (χ1v) is 5.85.